The van der Waals surface area contributed by atoms with E-state index in [1.54, 1.807) is 0 Å². The fourth-order valence-electron chi connectivity index (χ4n) is 9.90. The highest BCUT2D eigenvalue weighted by Crippen LogP contribution is 2.45. The van der Waals surface area contributed by atoms with E-state index in [0.717, 1.165) is 17.1 Å². The van der Waals surface area contributed by atoms with E-state index in [2.05, 4.69) is 266 Å². The Morgan fingerprint density at radius 3 is 0.954 bits per heavy atom. The van der Waals surface area contributed by atoms with Crippen molar-refractivity contribution in [2.24, 2.45) is 0 Å². The van der Waals surface area contributed by atoms with Crippen molar-refractivity contribution >= 4 is 60.2 Å². The molecule has 0 amide bonds. The van der Waals surface area contributed by atoms with Crippen molar-refractivity contribution in [2.45, 2.75) is 0 Å². The molecule has 0 saturated heterocycles. The molecule has 0 atom stereocenters. The van der Waals surface area contributed by atoms with Crippen LogP contribution >= 0.6 is 0 Å². The third kappa shape index (κ3) is 6.92. The van der Waals surface area contributed by atoms with Crippen molar-refractivity contribution in [3.05, 3.63) is 261 Å². The second-order valence-corrected chi connectivity index (χ2v) is 16.8. The summed E-state index contributed by atoms with van der Waals surface area (Å²) in [6.45, 7) is 0. The normalized spacial score (nSPS) is 11.4. The molecule has 0 aromatic heterocycles. The molecule has 1 nitrogen and oxygen atoms in total. The molecule has 0 unspecified atom stereocenters. The molecule has 0 aliphatic heterocycles. The van der Waals surface area contributed by atoms with Gasteiger partial charge in [-0.15, -0.1) is 0 Å². The summed E-state index contributed by atoms with van der Waals surface area (Å²) in [4.78, 5) is 2.41. The average Bonchev–Trinajstić information content (AvgIpc) is 3.39. The molecule has 12 aromatic carbocycles. The maximum absolute atomic E-state index is 2.42. The van der Waals surface area contributed by atoms with Gasteiger partial charge in [-0.3, -0.25) is 0 Å². The zero-order valence-corrected chi connectivity index (χ0v) is 35.8. The highest BCUT2D eigenvalue weighted by Gasteiger charge is 2.19. The zero-order chi connectivity index (χ0) is 43.1. The van der Waals surface area contributed by atoms with Crippen LogP contribution in [0, 0.1) is 0 Å². The molecule has 0 spiro atoms. The molecule has 0 N–H and O–H groups in total. The molecule has 0 aliphatic carbocycles. The molecular formula is C64H43N. The van der Waals surface area contributed by atoms with Gasteiger partial charge in [-0.2, -0.15) is 0 Å². The summed E-state index contributed by atoms with van der Waals surface area (Å²) in [5.74, 6) is 0. The quantitative estimate of drug-likeness (QED) is 0.138. The van der Waals surface area contributed by atoms with Crippen LogP contribution in [0.1, 0.15) is 0 Å². The number of nitrogens with zero attached hydrogens (tertiary/aromatic N) is 1. The smallest absolute Gasteiger partial charge is 0.0540 e. The molecule has 1 heteroatoms. The topological polar surface area (TPSA) is 3.24 Å². The maximum atomic E-state index is 2.42. The van der Waals surface area contributed by atoms with E-state index in [0.29, 0.717) is 0 Å². The van der Waals surface area contributed by atoms with Gasteiger partial charge in [-0.05, 0) is 136 Å². The first-order chi connectivity index (χ1) is 32.2. The number of benzene rings is 12. The lowest BCUT2D eigenvalue weighted by atomic mass is 9.87. The molecule has 0 radical (unpaired) electrons. The molecular weight excluding hydrogens is 783 g/mol. The van der Waals surface area contributed by atoms with Crippen LogP contribution in [0.4, 0.5) is 17.1 Å². The Kier molecular flexibility index (Phi) is 9.58. The van der Waals surface area contributed by atoms with Crippen molar-refractivity contribution in [3.63, 3.8) is 0 Å². The Morgan fingerprint density at radius 2 is 0.492 bits per heavy atom. The van der Waals surface area contributed by atoms with Crippen molar-refractivity contribution in [1.82, 2.24) is 0 Å². The first-order valence-electron chi connectivity index (χ1n) is 22.4. The average molecular weight is 826 g/mol. The minimum atomic E-state index is 1.09. The first-order valence-corrected chi connectivity index (χ1v) is 22.4. The van der Waals surface area contributed by atoms with Crippen molar-refractivity contribution in [3.8, 4) is 55.6 Å². The number of fused-ring (bicyclic) bond motifs is 6. The fraction of sp³-hybridized carbons (Fsp3) is 0. The Hall–Kier alpha value is -8.52. The van der Waals surface area contributed by atoms with Crippen LogP contribution in [0.15, 0.2) is 261 Å². The van der Waals surface area contributed by atoms with Crippen LogP contribution in [0.3, 0.4) is 0 Å². The third-order valence-electron chi connectivity index (χ3n) is 13.1. The summed E-state index contributed by atoms with van der Waals surface area (Å²) in [6, 6.07) is 95.2. The standard InChI is InChI=1S/C64H43N/c1-4-16-44(17-5-1)46-28-30-49(31-29-46)60-42-62-58-26-13-11-24-56(58)61(43-63(62)57-25-12-10-23-55(57)60)50-34-38-52(39-35-50)65(51-36-32-47(33-37-51)45-18-6-2-7-19-45)64-41-40-53(48-20-8-3-9-21-48)54-22-14-15-27-59(54)64/h1-43H. The fourth-order valence-corrected chi connectivity index (χ4v) is 9.90. The number of rotatable bonds is 8. The van der Waals surface area contributed by atoms with Gasteiger partial charge in [0, 0.05) is 16.8 Å². The van der Waals surface area contributed by atoms with E-state index in [4.69, 9.17) is 0 Å². The Balaban J connectivity index is 0.992. The van der Waals surface area contributed by atoms with Crippen LogP contribution in [0.25, 0.3) is 98.7 Å². The van der Waals surface area contributed by atoms with Crippen LogP contribution in [-0.4, -0.2) is 0 Å². The summed E-state index contributed by atoms with van der Waals surface area (Å²) in [5.41, 5.74) is 15.5. The lowest BCUT2D eigenvalue weighted by Gasteiger charge is -2.28. The third-order valence-corrected chi connectivity index (χ3v) is 13.1. The summed E-state index contributed by atoms with van der Waals surface area (Å²) < 4.78 is 0. The largest absolute Gasteiger partial charge is 0.310 e. The van der Waals surface area contributed by atoms with Gasteiger partial charge in [-0.1, -0.05) is 218 Å². The summed E-state index contributed by atoms with van der Waals surface area (Å²) >= 11 is 0. The van der Waals surface area contributed by atoms with E-state index in [9.17, 15) is 0 Å². The van der Waals surface area contributed by atoms with Gasteiger partial charge >= 0.3 is 0 Å². The van der Waals surface area contributed by atoms with Crippen LogP contribution in [-0.2, 0) is 0 Å². The maximum Gasteiger partial charge on any atom is 0.0540 e. The molecule has 0 bridgehead atoms. The Labute approximate surface area is 379 Å². The highest BCUT2D eigenvalue weighted by atomic mass is 15.1. The molecule has 0 saturated carbocycles. The number of anilines is 3. The van der Waals surface area contributed by atoms with Crippen molar-refractivity contribution in [2.75, 3.05) is 4.90 Å². The van der Waals surface area contributed by atoms with Gasteiger partial charge in [0.05, 0.1) is 5.69 Å². The van der Waals surface area contributed by atoms with Crippen LogP contribution < -0.4 is 4.90 Å². The summed E-state index contributed by atoms with van der Waals surface area (Å²) in [6.07, 6.45) is 0. The van der Waals surface area contributed by atoms with E-state index < -0.39 is 0 Å². The lowest BCUT2D eigenvalue weighted by Crippen LogP contribution is -2.10. The van der Waals surface area contributed by atoms with Crippen molar-refractivity contribution in [1.29, 1.82) is 0 Å². The number of hydrogen-bond donors (Lipinski definition) is 0. The lowest BCUT2D eigenvalue weighted by molar-refractivity contribution is 1.30. The second-order valence-electron chi connectivity index (χ2n) is 16.8. The zero-order valence-electron chi connectivity index (χ0n) is 35.8. The Bertz CT molecular complexity index is 3650. The summed E-state index contributed by atoms with van der Waals surface area (Å²) in [5, 5.41) is 9.94. The van der Waals surface area contributed by atoms with Gasteiger partial charge in [-0.25, -0.2) is 0 Å². The molecule has 0 heterocycles. The molecule has 0 fully saturated rings. The van der Waals surface area contributed by atoms with E-state index in [1.165, 1.54) is 98.7 Å². The first kappa shape index (κ1) is 38.2. The monoisotopic (exact) mass is 825 g/mol. The minimum absolute atomic E-state index is 1.09. The van der Waals surface area contributed by atoms with Crippen molar-refractivity contribution < 1.29 is 0 Å². The second kappa shape index (κ2) is 16.3. The van der Waals surface area contributed by atoms with Gasteiger partial charge < -0.3 is 4.90 Å². The van der Waals surface area contributed by atoms with E-state index >= 15 is 0 Å². The van der Waals surface area contributed by atoms with E-state index in [-0.39, 0.29) is 0 Å². The predicted molar refractivity (Wildman–Crippen MR) is 278 cm³/mol. The van der Waals surface area contributed by atoms with Crippen LogP contribution in [0.5, 0.6) is 0 Å². The molecule has 12 rings (SSSR count). The predicted octanol–water partition coefficient (Wildman–Crippen LogP) is 18.1. The number of hydrogen-bond acceptors (Lipinski definition) is 1. The molecule has 12 aromatic rings. The van der Waals surface area contributed by atoms with Gasteiger partial charge in [0.2, 0.25) is 0 Å². The van der Waals surface area contributed by atoms with Crippen LogP contribution in [0.2, 0.25) is 0 Å². The Morgan fingerprint density at radius 1 is 0.185 bits per heavy atom. The van der Waals surface area contributed by atoms with Gasteiger partial charge in [0.15, 0.2) is 0 Å². The van der Waals surface area contributed by atoms with Gasteiger partial charge in [0.25, 0.3) is 0 Å². The SMILES string of the molecule is c1ccc(-c2ccc(-c3cc4c5ccccc5c(-c5ccc(N(c6ccc(-c7ccccc7)cc6)c6ccc(-c7ccccc7)c7ccccc67)cc5)cc4c4ccccc34)cc2)cc1. The van der Waals surface area contributed by atoms with Gasteiger partial charge in [0.1, 0.15) is 0 Å². The van der Waals surface area contributed by atoms with E-state index in [1.807, 2.05) is 0 Å². The molecule has 65 heavy (non-hydrogen) atoms. The minimum Gasteiger partial charge on any atom is -0.310 e. The molecule has 304 valence electrons. The highest BCUT2D eigenvalue weighted by molar-refractivity contribution is 6.24. The molecule has 0 aliphatic rings. The summed E-state index contributed by atoms with van der Waals surface area (Å²) in [7, 11) is 0.